The number of hydrogen-bond acceptors (Lipinski definition) is 8. The normalized spacial score (nSPS) is 15.8. The van der Waals surface area contributed by atoms with E-state index in [4.69, 9.17) is 28.4 Å². The van der Waals surface area contributed by atoms with Crippen molar-refractivity contribution in [3.63, 3.8) is 0 Å². The lowest BCUT2D eigenvalue weighted by molar-refractivity contribution is 0.0685. The summed E-state index contributed by atoms with van der Waals surface area (Å²) in [6.07, 6.45) is 0. The van der Waals surface area contributed by atoms with Crippen LogP contribution in [-0.2, 0) is 9.47 Å². The van der Waals surface area contributed by atoms with Gasteiger partial charge in [0.05, 0.1) is 37.6 Å². The van der Waals surface area contributed by atoms with Gasteiger partial charge in [0.2, 0.25) is 0 Å². The average Bonchev–Trinajstić information content (AvgIpc) is 2.77. The van der Waals surface area contributed by atoms with Crippen molar-refractivity contribution in [3.8, 4) is 23.0 Å². The van der Waals surface area contributed by atoms with Crippen LogP contribution in [0.3, 0.4) is 0 Å². The highest BCUT2D eigenvalue weighted by molar-refractivity contribution is 5.89. The molecule has 1 heterocycles. The summed E-state index contributed by atoms with van der Waals surface area (Å²) in [6.45, 7) is 1.75. The van der Waals surface area contributed by atoms with Crippen LogP contribution in [-0.4, -0.2) is 75.0 Å². The SMILES string of the molecule is O=C(O)c1cc2cc(c1)OCCOCCOc1cc(cc(C(=O)O)c1)OCCOCCO2. The molecule has 32 heavy (non-hydrogen) atoms. The Hall–Kier alpha value is -3.50. The maximum Gasteiger partial charge on any atom is 0.335 e. The van der Waals surface area contributed by atoms with Gasteiger partial charge in [-0.2, -0.15) is 0 Å². The van der Waals surface area contributed by atoms with E-state index in [0.717, 1.165) is 0 Å². The largest absolute Gasteiger partial charge is 0.491 e. The van der Waals surface area contributed by atoms with Gasteiger partial charge in [-0.15, -0.1) is 0 Å². The van der Waals surface area contributed by atoms with Gasteiger partial charge in [0.25, 0.3) is 0 Å². The zero-order chi connectivity index (χ0) is 22.8. The Morgan fingerprint density at radius 3 is 1.03 bits per heavy atom. The molecule has 0 aromatic heterocycles. The van der Waals surface area contributed by atoms with Crippen LogP contribution in [0.1, 0.15) is 20.7 Å². The van der Waals surface area contributed by atoms with Gasteiger partial charge < -0.3 is 38.6 Å². The summed E-state index contributed by atoms with van der Waals surface area (Å²) in [4.78, 5) is 22.7. The molecule has 0 radical (unpaired) electrons. The first kappa shape index (κ1) is 23.2. The average molecular weight is 448 g/mol. The van der Waals surface area contributed by atoms with Crippen LogP contribution in [0.4, 0.5) is 0 Å². The van der Waals surface area contributed by atoms with Gasteiger partial charge >= 0.3 is 11.9 Å². The van der Waals surface area contributed by atoms with Crippen LogP contribution in [0.2, 0.25) is 0 Å². The van der Waals surface area contributed by atoms with Crippen LogP contribution < -0.4 is 18.9 Å². The van der Waals surface area contributed by atoms with E-state index in [1.807, 2.05) is 0 Å². The molecule has 10 nitrogen and oxygen atoms in total. The number of fused-ring (bicyclic) bond motifs is 4. The van der Waals surface area contributed by atoms with Crippen molar-refractivity contribution in [1.29, 1.82) is 0 Å². The van der Waals surface area contributed by atoms with Crippen LogP contribution >= 0.6 is 0 Å². The Morgan fingerprint density at radius 1 is 0.500 bits per heavy atom. The van der Waals surface area contributed by atoms with E-state index in [9.17, 15) is 19.8 Å². The van der Waals surface area contributed by atoms with Gasteiger partial charge in [-0.1, -0.05) is 0 Å². The van der Waals surface area contributed by atoms with E-state index in [1.54, 1.807) is 12.1 Å². The summed E-state index contributed by atoms with van der Waals surface area (Å²) in [6, 6.07) is 8.83. The highest BCUT2D eigenvalue weighted by atomic mass is 16.6. The second kappa shape index (κ2) is 11.8. The molecule has 10 heteroatoms. The van der Waals surface area contributed by atoms with Crippen molar-refractivity contribution in [2.45, 2.75) is 0 Å². The van der Waals surface area contributed by atoms with Gasteiger partial charge in [-0.25, -0.2) is 9.59 Å². The predicted octanol–water partition coefficient (Wildman–Crippen LogP) is 2.35. The summed E-state index contributed by atoms with van der Waals surface area (Å²) in [5, 5.41) is 18.6. The van der Waals surface area contributed by atoms with Gasteiger partial charge in [0, 0.05) is 12.1 Å². The fourth-order valence-electron chi connectivity index (χ4n) is 2.80. The number of aromatic carboxylic acids is 2. The molecule has 0 amide bonds. The minimum atomic E-state index is -1.09. The van der Waals surface area contributed by atoms with Gasteiger partial charge in [0.15, 0.2) is 0 Å². The van der Waals surface area contributed by atoms with Crippen LogP contribution in [0.15, 0.2) is 36.4 Å². The van der Waals surface area contributed by atoms with Crippen molar-refractivity contribution in [2.24, 2.45) is 0 Å². The summed E-state index contributed by atoms with van der Waals surface area (Å²) in [5.41, 5.74) is 0.0929. The third-order valence-corrected chi connectivity index (χ3v) is 4.24. The lowest BCUT2D eigenvalue weighted by Gasteiger charge is -2.13. The Morgan fingerprint density at radius 2 is 0.781 bits per heavy atom. The standard InChI is InChI=1S/C22H24O10/c23-21(24)15-9-17-13-18(10-15)31-7-3-28-4-8-32-20-12-16(22(25)26)11-19(14-20)30-6-2-27-1-5-29-17/h9-14H,1-8H2,(H,23,24)(H,25,26). The molecule has 0 fully saturated rings. The van der Waals surface area contributed by atoms with E-state index in [-0.39, 0.29) is 64.0 Å². The first-order valence-electron chi connectivity index (χ1n) is 9.95. The molecule has 3 rings (SSSR count). The summed E-state index contributed by atoms with van der Waals surface area (Å²) >= 11 is 0. The topological polar surface area (TPSA) is 130 Å². The number of benzene rings is 2. The Balaban J connectivity index is 1.65. The fourth-order valence-corrected chi connectivity index (χ4v) is 2.80. The lowest BCUT2D eigenvalue weighted by Crippen LogP contribution is -2.14. The van der Waals surface area contributed by atoms with E-state index in [0.29, 0.717) is 23.0 Å². The molecular formula is C22H24O10. The lowest BCUT2D eigenvalue weighted by atomic mass is 10.2. The van der Waals surface area contributed by atoms with Crippen LogP contribution in [0, 0.1) is 0 Å². The molecule has 0 saturated carbocycles. The van der Waals surface area contributed by atoms with Crippen molar-refractivity contribution >= 4 is 11.9 Å². The zero-order valence-electron chi connectivity index (χ0n) is 17.3. The maximum absolute atomic E-state index is 11.3. The molecule has 1 aliphatic heterocycles. The Bertz CT molecular complexity index is 799. The molecule has 0 saturated heterocycles. The molecule has 172 valence electrons. The van der Waals surface area contributed by atoms with Crippen molar-refractivity contribution in [3.05, 3.63) is 47.5 Å². The monoisotopic (exact) mass is 448 g/mol. The highest BCUT2D eigenvalue weighted by Gasteiger charge is 2.11. The second-order valence-corrected chi connectivity index (χ2v) is 6.62. The highest BCUT2D eigenvalue weighted by Crippen LogP contribution is 2.24. The molecule has 0 unspecified atom stereocenters. The number of carbonyl (C=O) groups is 2. The molecule has 0 aliphatic carbocycles. The van der Waals surface area contributed by atoms with E-state index < -0.39 is 11.9 Å². The molecule has 0 spiro atoms. The predicted molar refractivity (Wildman–Crippen MR) is 110 cm³/mol. The molecule has 4 bridgehead atoms. The number of carboxylic acid groups (broad SMARTS) is 2. The minimum absolute atomic E-state index is 0.0464. The van der Waals surface area contributed by atoms with Crippen molar-refractivity contribution in [1.82, 2.24) is 0 Å². The van der Waals surface area contributed by atoms with E-state index in [2.05, 4.69) is 0 Å². The van der Waals surface area contributed by atoms with Crippen LogP contribution in [0.25, 0.3) is 0 Å². The number of ether oxygens (including phenoxy) is 6. The fraction of sp³-hybridized carbons (Fsp3) is 0.364. The minimum Gasteiger partial charge on any atom is -0.491 e. The molecule has 2 aromatic carbocycles. The Kier molecular flexibility index (Phi) is 8.52. The van der Waals surface area contributed by atoms with E-state index in [1.165, 1.54) is 24.3 Å². The zero-order valence-corrected chi connectivity index (χ0v) is 17.3. The quantitative estimate of drug-likeness (QED) is 0.706. The number of rotatable bonds is 2. The maximum atomic E-state index is 11.3. The van der Waals surface area contributed by atoms with Crippen molar-refractivity contribution in [2.75, 3.05) is 52.9 Å². The van der Waals surface area contributed by atoms with E-state index >= 15 is 0 Å². The number of carboxylic acids is 2. The second-order valence-electron chi connectivity index (χ2n) is 6.62. The smallest absolute Gasteiger partial charge is 0.335 e. The summed E-state index contributed by atoms with van der Waals surface area (Å²) < 4.78 is 33.2. The third-order valence-electron chi connectivity index (χ3n) is 4.24. The summed E-state index contributed by atoms with van der Waals surface area (Å²) in [7, 11) is 0. The third kappa shape index (κ3) is 7.33. The molecule has 0 atom stereocenters. The number of hydrogen-bond donors (Lipinski definition) is 2. The van der Waals surface area contributed by atoms with Crippen LogP contribution in [0.5, 0.6) is 23.0 Å². The first-order chi connectivity index (χ1) is 15.5. The first-order valence-corrected chi connectivity index (χ1v) is 9.95. The molecule has 2 aromatic rings. The van der Waals surface area contributed by atoms with Gasteiger partial charge in [-0.05, 0) is 24.3 Å². The van der Waals surface area contributed by atoms with Gasteiger partial charge in [-0.3, -0.25) is 0 Å². The Labute approximate surface area is 184 Å². The molecule has 2 N–H and O–H groups in total. The molecule has 1 aliphatic rings. The van der Waals surface area contributed by atoms with Crippen molar-refractivity contribution < 1.29 is 48.2 Å². The summed E-state index contributed by atoms with van der Waals surface area (Å²) in [5.74, 6) is -0.789. The molecular weight excluding hydrogens is 424 g/mol. The van der Waals surface area contributed by atoms with Gasteiger partial charge in [0.1, 0.15) is 49.4 Å².